The summed E-state index contributed by atoms with van der Waals surface area (Å²) >= 11 is 0. The van der Waals surface area contributed by atoms with Gasteiger partial charge in [0.25, 0.3) is 0 Å². The van der Waals surface area contributed by atoms with E-state index in [0.29, 0.717) is 131 Å². The largest absolute Gasteiger partial charge is 0.497 e. The molecule has 3 N–H and O–H groups in total. The molecule has 0 saturated carbocycles. The van der Waals surface area contributed by atoms with E-state index in [1.807, 2.05) is 40.1 Å². The molecule has 1 amide bonds. The number of hydrogen-bond donors (Lipinski definition) is 3. The first-order valence-corrected chi connectivity index (χ1v) is 49.4. The van der Waals surface area contributed by atoms with Gasteiger partial charge in [0, 0.05) is 140 Å². The number of benzene rings is 5. The minimum absolute atomic E-state index is 0.0270. The summed E-state index contributed by atoms with van der Waals surface area (Å²) in [6, 6.07) is 31.1. The molecule has 10 heterocycles. The summed E-state index contributed by atoms with van der Waals surface area (Å²) in [6.45, 7) is 18.6. The number of rotatable bonds is 23. The summed E-state index contributed by atoms with van der Waals surface area (Å²) in [5.74, 6) is 0.855. The number of nitrogens with zero attached hydrogens (tertiary/aromatic N) is 9. The number of Topliss-reactive ketones (excluding diaryl/α,β-unsaturated/α-hetero) is 3. The van der Waals surface area contributed by atoms with Gasteiger partial charge in [-0.05, 0) is 193 Å². The highest BCUT2D eigenvalue weighted by atomic mass is 32.2. The molecule has 680 valence electrons. The van der Waals surface area contributed by atoms with Crippen molar-refractivity contribution < 1.29 is 94.4 Å². The Kier molecular flexibility index (Phi) is 32.4. The number of amides is 1. The Bertz CT molecular complexity index is 5000. The summed E-state index contributed by atoms with van der Waals surface area (Å²) in [6.07, 6.45) is 9.00. The first-order chi connectivity index (χ1) is 58.3. The maximum Gasteiger partial charge on any atom is 0.248 e. The Morgan fingerprint density at radius 1 is 0.439 bits per heavy atom. The van der Waals surface area contributed by atoms with Gasteiger partial charge >= 0.3 is 0 Å². The second kappa shape index (κ2) is 41.2. The van der Waals surface area contributed by atoms with Crippen molar-refractivity contribution in [3.8, 4) is 11.5 Å². The predicted molar refractivity (Wildman–Crippen MR) is 462 cm³/mol. The van der Waals surface area contributed by atoms with Crippen LogP contribution in [0.15, 0.2) is 146 Å². The van der Waals surface area contributed by atoms with Crippen LogP contribution in [0, 0.1) is 0 Å². The fraction of sp³-hybridized carbons (Fsp3) is 0.600. The maximum atomic E-state index is 13.7. The molecule has 2 unspecified atom stereocenters. The highest BCUT2D eigenvalue weighted by Crippen LogP contribution is 2.45. The minimum atomic E-state index is -3.74. The highest BCUT2D eigenvalue weighted by molar-refractivity contribution is 7.90. The molecular weight excluding hydrogens is 1690 g/mol. The lowest BCUT2D eigenvalue weighted by molar-refractivity contribution is -0.119. The van der Waals surface area contributed by atoms with Gasteiger partial charge < -0.3 is 68.7 Å². The first kappa shape index (κ1) is 96.9. The zero-order valence-corrected chi connectivity index (χ0v) is 76.8. The van der Waals surface area contributed by atoms with Crippen LogP contribution in [0.2, 0.25) is 0 Å². The number of likely N-dealkylation sites (tertiary alicyclic amines) is 2. The normalized spacial score (nSPS) is 22.6. The molecule has 0 aliphatic carbocycles. The maximum absolute atomic E-state index is 13.7. The number of nitrogens with one attached hydrogen (secondary N) is 3. The van der Waals surface area contributed by atoms with Crippen LogP contribution >= 0.6 is 0 Å². The molecule has 5 aromatic carbocycles. The summed E-state index contributed by atoms with van der Waals surface area (Å²) in [4.78, 5) is 55.4. The number of sulfonamides is 5. The SMILES string of the molecule is CC(=O)c1ccc(S(=O)(=O)N2C(CCCCN(C)C)COC23CCNCC3)cc1.CC(=O)c1ccc(S(=O)(=O)N2C(CN(C)C)COC23CCNCC3)cc1.CC(=O)c1ccc(S(=O)(=O)N2CCC3(CC2)NC(=O)CO3)cc1.CCN1CCC2(CC1)OCCN2S(=O)(=O)c1ccc(OC)cc1.COc1ccc(S(=O)(=O)N2CCOC23CCN(C)CC3)cc1. The Morgan fingerprint density at radius 2 is 0.813 bits per heavy atom. The van der Waals surface area contributed by atoms with Gasteiger partial charge in [-0.3, -0.25) is 19.2 Å². The average molecular weight is 1810 g/mol. The molecule has 15 rings (SSSR count). The zero-order chi connectivity index (χ0) is 89.0. The van der Waals surface area contributed by atoms with Crippen molar-refractivity contribution in [1.29, 1.82) is 0 Å². The molecule has 38 heteroatoms. The molecule has 2 atom stereocenters. The number of carbonyl (C=O) groups excluding carboxylic acids is 4. The molecule has 5 spiro atoms. The van der Waals surface area contributed by atoms with Gasteiger partial charge in [0.15, 0.2) is 17.3 Å². The van der Waals surface area contributed by atoms with Gasteiger partial charge in [0.1, 0.15) is 46.7 Å². The molecule has 0 aromatic heterocycles. The third-order valence-electron chi connectivity index (χ3n) is 24.6. The second-order valence-corrected chi connectivity index (χ2v) is 42.6. The number of ketones is 3. The van der Waals surface area contributed by atoms with Crippen molar-refractivity contribution in [2.24, 2.45) is 0 Å². The number of ether oxygens (including phenoxy) is 7. The van der Waals surface area contributed by atoms with E-state index in [1.54, 1.807) is 116 Å². The van der Waals surface area contributed by atoms with Crippen LogP contribution in [0.25, 0.3) is 0 Å². The monoisotopic (exact) mass is 1810 g/mol. The molecular formula is C85H124N12O21S5. The lowest BCUT2D eigenvalue weighted by Gasteiger charge is -2.42. The summed E-state index contributed by atoms with van der Waals surface area (Å²) < 4.78 is 179. The van der Waals surface area contributed by atoms with Crippen molar-refractivity contribution >= 4 is 73.4 Å². The van der Waals surface area contributed by atoms with Gasteiger partial charge in [0.2, 0.25) is 56.0 Å². The van der Waals surface area contributed by atoms with E-state index in [0.717, 1.165) is 97.6 Å². The minimum Gasteiger partial charge on any atom is -0.497 e. The number of unbranched alkanes of at least 4 members (excludes halogenated alkanes) is 1. The second-order valence-electron chi connectivity index (χ2n) is 33.3. The fourth-order valence-corrected chi connectivity index (χ4v) is 26.3. The number of methoxy groups -OCH3 is 2. The molecule has 123 heavy (non-hydrogen) atoms. The summed E-state index contributed by atoms with van der Waals surface area (Å²) in [5, 5.41) is 9.36. The summed E-state index contributed by atoms with van der Waals surface area (Å²) in [7, 11) is -5.08. The standard InChI is InChI=1S/C21H33N3O4S.C18H27N3O4S.C16H24N2O4S.C15H18N2O5S.C15H22N2O4S/c1-17(25)18-7-9-20(10-8-18)29(26,27)24-19(6-4-5-15-23(2)3)16-28-21(24)11-13-22-14-12-21;1-14(22)15-4-6-17(7-5-15)26(23,24)21-16(12-20(2)3)13-25-18(21)8-10-19-11-9-18;1-3-17-10-8-16(9-11-17)18(12-13-22-16)23(19,20)15-6-4-14(21-2)5-7-15;1-11(18)12-2-4-13(5-3-12)23(20,21)17-8-6-15(7-9-17)16-14(19)10-22-15;1-16-9-7-15(8-10-16)17(11-12-21-15)22(18,19)14-5-3-13(20-2)4-6-14/h7-10,19,22H,4-6,11-16H2,1-3H3;4-7,16,19H,8-13H2,1-3H3;4-7H,3,8-13H2,1-2H3;2-5H,6-10H2,1H3,(H,16,19);3-6H,7-12H2,1-2H3. The van der Waals surface area contributed by atoms with E-state index in [-0.39, 0.29) is 74.6 Å². The van der Waals surface area contributed by atoms with Gasteiger partial charge in [-0.2, -0.15) is 21.5 Å². The van der Waals surface area contributed by atoms with Gasteiger partial charge in [-0.15, -0.1) is 0 Å². The molecule has 10 aliphatic rings. The van der Waals surface area contributed by atoms with Crippen molar-refractivity contribution in [2.45, 2.75) is 176 Å². The molecule has 0 bridgehead atoms. The fourth-order valence-electron chi connectivity index (χ4n) is 17.6. The van der Waals surface area contributed by atoms with Crippen LogP contribution in [0.3, 0.4) is 0 Å². The topological polar surface area (TPSA) is 369 Å². The number of hydrogen-bond acceptors (Lipinski definition) is 27. The molecule has 0 radical (unpaired) electrons. The van der Waals surface area contributed by atoms with E-state index in [9.17, 15) is 61.3 Å². The molecule has 10 aliphatic heterocycles. The highest BCUT2D eigenvalue weighted by Gasteiger charge is 2.57. The number of likely N-dealkylation sites (N-methyl/N-ethyl adjacent to an activating group) is 1. The van der Waals surface area contributed by atoms with E-state index >= 15 is 0 Å². The van der Waals surface area contributed by atoms with E-state index in [2.05, 4.69) is 37.6 Å². The lowest BCUT2D eigenvalue weighted by Crippen LogP contribution is -2.57. The zero-order valence-electron chi connectivity index (χ0n) is 72.7. The summed E-state index contributed by atoms with van der Waals surface area (Å²) in [5.41, 5.74) is -2.14. The van der Waals surface area contributed by atoms with Crippen LogP contribution < -0.4 is 25.4 Å². The Balaban J connectivity index is 0.000000150. The quantitative estimate of drug-likeness (QED) is 0.0484. The van der Waals surface area contributed by atoms with E-state index < -0.39 is 78.7 Å². The van der Waals surface area contributed by atoms with Crippen molar-refractivity contribution in [3.63, 3.8) is 0 Å². The van der Waals surface area contributed by atoms with Crippen LogP contribution in [-0.2, 0) is 78.6 Å². The third kappa shape index (κ3) is 22.4. The van der Waals surface area contributed by atoms with E-state index in [1.165, 1.54) is 61.5 Å². The van der Waals surface area contributed by atoms with Crippen molar-refractivity contribution in [2.75, 3.05) is 181 Å². The Morgan fingerprint density at radius 3 is 1.18 bits per heavy atom. The Labute approximate surface area is 726 Å². The van der Waals surface area contributed by atoms with E-state index in [4.69, 9.17) is 33.2 Å². The number of piperidine rings is 5. The predicted octanol–water partition coefficient (Wildman–Crippen LogP) is 6.19. The van der Waals surface area contributed by atoms with Crippen LogP contribution in [0.5, 0.6) is 11.5 Å². The van der Waals surface area contributed by atoms with Crippen LogP contribution in [0.4, 0.5) is 0 Å². The molecule has 5 aromatic rings. The smallest absolute Gasteiger partial charge is 0.248 e. The van der Waals surface area contributed by atoms with Gasteiger partial charge in [-0.25, -0.2) is 42.1 Å². The first-order valence-electron chi connectivity index (χ1n) is 42.2. The van der Waals surface area contributed by atoms with Crippen molar-refractivity contribution in [3.05, 3.63) is 138 Å². The molecule has 10 saturated heterocycles. The van der Waals surface area contributed by atoms with Gasteiger partial charge in [-0.1, -0.05) is 49.7 Å². The van der Waals surface area contributed by atoms with Crippen LogP contribution in [-0.4, -0.2) is 328 Å². The lowest BCUT2D eigenvalue weighted by atomic mass is 10.0. The van der Waals surface area contributed by atoms with Gasteiger partial charge in [0.05, 0.1) is 77.2 Å². The molecule has 10 fully saturated rings. The van der Waals surface area contributed by atoms with Crippen molar-refractivity contribution in [1.82, 2.24) is 57.1 Å². The number of carbonyl (C=O) groups is 4. The Hall–Kier alpha value is -6.71. The molecule has 33 nitrogen and oxygen atoms in total. The average Bonchev–Trinajstić information content (AvgIpc) is 1.63. The van der Waals surface area contributed by atoms with Crippen LogP contribution in [0.1, 0.15) is 142 Å². The third-order valence-corrected chi connectivity index (χ3v) is 34.5.